The Labute approximate surface area is 179 Å². The van der Waals surface area contributed by atoms with Crippen molar-refractivity contribution < 1.29 is 8.78 Å². The van der Waals surface area contributed by atoms with Crippen molar-refractivity contribution in [3.63, 3.8) is 0 Å². The molecule has 1 unspecified atom stereocenters. The van der Waals surface area contributed by atoms with Crippen molar-refractivity contribution in [3.05, 3.63) is 93.7 Å². The highest BCUT2D eigenvalue weighted by Gasteiger charge is 2.18. The van der Waals surface area contributed by atoms with Gasteiger partial charge < -0.3 is 10.3 Å². The number of nitrogens with one attached hydrogen (secondary N) is 2. The average molecular weight is 432 g/mol. The summed E-state index contributed by atoms with van der Waals surface area (Å²) in [4.78, 5) is 14.2. The van der Waals surface area contributed by atoms with Gasteiger partial charge in [0.15, 0.2) is 0 Å². The third-order valence-electron chi connectivity index (χ3n) is 5.30. The van der Waals surface area contributed by atoms with Crippen LogP contribution < -0.4 is 11.0 Å². The molecule has 4 nitrogen and oxygen atoms in total. The largest absolute Gasteiger partial charge is 0.326 e. The SMILES string of the molecule is CS[C@H](CCCNCc1cc(F)c(C(C)n2cc[nH]c2=O)cc1F)c1ccccc1. The number of thioether (sulfide) groups is 1. The molecule has 3 aromatic rings. The van der Waals surface area contributed by atoms with Crippen molar-refractivity contribution in [3.8, 4) is 0 Å². The van der Waals surface area contributed by atoms with E-state index >= 15 is 0 Å². The molecule has 1 heterocycles. The number of rotatable bonds is 10. The Morgan fingerprint density at radius 1 is 1.17 bits per heavy atom. The Morgan fingerprint density at radius 2 is 1.93 bits per heavy atom. The summed E-state index contributed by atoms with van der Waals surface area (Å²) in [7, 11) is 0. The van der Waals surface area contributed by atoms with E-state index in [9.17, 15) is 13.6 Å². The van der Waals surface area contributed by atoms with Crippen LogP contribution in [0.15, 0.2) is 59.7 Å². The van der Waals surface area contributed by atoms with Crippen LogP contribution in [0.5, 0.6) is 0 Å². The molecule has 7 heteroatoms. The number of benzene rings is 2. The van der Waals surface area contributed by atoms with Gasteiger partial charge in [-0.15, -0.1) is 0 Å². The molecule has 0 fully saturated rings. The second kappa shape index (κ2) is 10.6. The van der Waals surface area contributed by atoms with Gasteiger partial charge in [-0.1, -0.05) is 30.3 Å². The quantitative estimate of drug-likeness (QED) is 0.442. The van der Waals surface area contributed by atoms with Gasteiger partial charge in [0, 0.05) is 35.3 Å². The first-order chi connectivity index (χ1) is 14.5. The van der Waals surface area contributed by atoms with Crippen LogP contribution in [-0.2, 0) is 6.54 Å². The van der Waals surface area contributed by atoms with Crippen molar-refractivity contribution >= 4 is 11.8 Å². The lowest BCUT2D eigenvalue weighted by Crippen LogP contribution is -2.22. The molecule has 0 amide bonds. The summed E-state index contributed by atoms with van der Waals surface area (Å²) in [5, 5.41) is 3.64. The number of H-pyrrole nitrogens is 1. The Kier molecular flexibility index (Phi) is 7.87. The summed E-state index contributed by atoms with van der Waals surface area (Å²) in [6, 6.07) is 12.2. The molecule has 2 atom stereocenters. The normalized spacial score (nSPS) is 13.3. The summed E-state index contributed by atoms with van der Waals surface area (Å²) >= 11 is 1.82. The zero-order valence-corrected chi connectivity index (χ0v) is 18.0. The Balaban J connectivity index is 1.54. The van der Waals surface area contributed by atoms with Gasteiger partial charge in [0.2, 0.25) is 0 Å². The molecule has 2 N–H and O–H groups in total. The highest BCUT2D eigenvalue weighted by Crippen LogP contribution is 2.30. The van der Waals surface area contributed by atoms with E-state index in [2.05, 4.69) is 28.7 Å². The van der Waals surface area contributed by atoms with Crippen LogP contribution in [0.25, 0.3) is 0 Å². The highest BCUT2D eigenvalue weighted by molar-refractivity contribution is 7.98. The van der Waals surface area contributed by atoms with Crippen LogP contribution in [0.2, 0.25) is 0 Å². The van der Waals surface area contributed by atoms with Crippen molar-refractivity contribution in [2.75, 3.05) is 12.8 Å². The molecule has 0 spiro atoms. The fourth-order valence-corrected chi connectivity index (χ4v) is 4.40. The molecular formula is C23H27F2N3OS. The van der Waals surface area contributed by atoms with E-state index in [1.807, 2.05) is 30.0 Å². The number of hydrogen-bond donors (Lipinski definition) is 2. The van der Waals surface area contributed by atoms with Crippen molar-refractivity contribution in [1.29, 1.82) is 0 Å². The van der Waals surface area contributed by atoms with Crippen LogP contribution in [0.4, 0.5) is 8.78 Å². The number of aromatic amines is 1. The molecule has 160 valence electrons. The van der Waals surface area contributed by atoms with Crippen molar-refractivity contribution in [2.45, 2.75) is 37.6 Å². The maximum atomic E-state index is 14.6. The zero-order valence-electron chi connectivity index (χ0n) is 17.2. The van der Waals surface area contributed by atoms with Gasteiger partial charge in [-0.3, -0.25) is 4.57 Å². The van der Waals surface area contributed by atoms with Crippen LogP contribution >= 0.6 is 11.8 Å². The molecule has 0 bridgehead atoms. The minimum Gasteiger partial charge on any atom is -0.313 e. The molecule has 0 radical (unpaired) electrons. The Morgan fingerprint density at radius 3 is 2.60 bits per heavy atom. The first-order valence-electron chi connectivity index (χ1n) is 10.0. The smallest absolute Gasteiger partial charge is 0.313 e. The van der Waals surface area contributed by atoms with Crippen LogP contribution in [-0.4, -0.2) is 22.4 Å². The number of nitrogens with zero attached hydrogens (tertiary/aromatic N) is 1. The third kappa shape index (κ3) is 5.40. The standard InChI is InChI=1S/C23H27F2N3OS/c1-16(28-12-11-27-23(28)29)19-14-20(24)18(13-21(19)25)15-26-10-6-9-22(30-2)17-7-4-3-5-8-17/h3-5,7-8,11-14,16,22,26H,6,9-10,15H2,1-2H3,(H,27,29)/t16?,22-/m1/s1. The molecule has 0 saturated carbocycles. The van der Waals surface area contributed by atoms with Gasteiger partial charge in [0.05, 0.1) is 6.04 Å². The summed E-state index contributed by atoms with van der Waals surface area (Å²) in [6.07, 6.45) is 7.06. The van der Waals surface area contributed by atoms with Crippen LogP contribution in [0.3, 0.4) is 0 Å². The fourth-order valence-electron chi connectivity index (χ4n) is 3.57. The second-order valence-electron chi connectivity index (χ2n) is 7.27. The van der Waals surface area contributed by atoms with Crippen LogP contribution in [0, 0.1) is 11.6 Å². The average Bonchev–Trinajstić information content (AvgIpc) is 3.18. The van der Waals surface area contributed by atoms with E-state index in [4.69, 9.17) is 0 Å². The van der Waals surface area contributed by atoms with Gasteiger partial charge in [0.1, 0.15) is 11.6 Å². The minimum absolute atomic E-state index is 0.156. The van der Waals surface area contributed by atoms with E-state index in [-0.39, 0.29) is 23.4 Å². The lowest BCUT2D eigenvalue weighted by atomic mass is 10.0. The third-order valence-corrected chi connectivity index (χ3v) is 6.38. The monoisotopic (exact) mass is 431 g/mol. The molecule has 3 rings (SSSR count). The Hall–Kier alpha value is -2.38. The maximum Gasteiger partial charge on any atom is 0.326 e. The summed E-state index contributed by atoms with van der Waals surface area (Å²) in [5.74, 6) is -0.985. The number of halogens is 2. The fraction of sp³-hybridized carbons (Fsp3) is 0.348. The summed E-state index contributed by atoms with van der Waals surface area (Å²) in [5.41, 5.74) is 1.40. The predicted octanol–water partition coefficient (Wildman–Crippen LogP) is 5.04. The van der Waals surface area contributed by atoms with Gasteiger partial charge >= 0.3 is 5.69 Å². The molecule has 1 aromatic heterocycles. The van der Waals surface area contributed by atoms with E-state index < -0.39 is 17.7 Å². The van der Waals surface area contributed by atoms with Crippen molar-refractivity contribution in [2.24, 2.45) is 0 Å². The van der Waals surface area contributed by atoms with E-state index in [0.717, 1.165) is 19.4 Å². The van der Waals surface area contributed by atoms with E-state index in [1.165, 1.54) is 34.7 Å². The van der Waals surface area contributed by atoms with Gasteiger partial charge in [-0.2, -0.15) is 11.8 Å². The topological polar surface area (TPSA) is 49.8 Å². The lowest BCUT2D eigenvalue weighted by molar-refractivity contribution is 0.523. The first kappa shape index (κ1) is 22.3. The molecule has 0 aliphatic carbocycles. The maximum absolute atomic E-state index is 14.6. The number of imidazole rings is 1. The lowest BCUT2D eigenvalue weighted by Gasteiger charge is -2.16. The molecule has 30 heavy (non-hydrogen) atoms. The Bertz CT molecular complexity index is 1000. The van der Waals surface area contributed by atoms with Crippen LogP contribution in [0.1, 0.15) is 47.7 Å². The minimum atomic E-state index is -0.596. The van der Waals surface area contributed by atoms with E-state index in [0.29, 0.717) is 5.25 Å². The van der Waals surface area contributed by atoms with E-state index in [1.54, 1.807) is 6.92 Å². The zero-order chi connectivity index (χ0) is 21.5. The molecule has 0 saturated heterocycles. The number of hydrogen-bond acceptors (Lipinski definition) is 3. The second-order valence-corrected chi connectivity index (χ2v) is 8.31. The first-order valence-corrected chi connectivity index (χ1v) is 11.3. The molecule has 0 aliphatic rings. The summed E-state index contributed by atoms with van der Waals surface area (Å²) in [6.45, 7) is 2.65. The number of aromatic nitrogens is 2. The molecule has 0 aliphatic heterocycles. The predicted molar refractivity (Wildman–Crippen MR) is 119 cm³/mol. The van der Waals surface area contributed by atoms with Gasteiger partial charge in [0.25, 0.3) is 0 Å². The molecular weight excluding hydrogens is 404 g/mol. The van der Waals surface area contributed by atoms with Crippen molar-refractivity contribution in [1.82, 2.24) is 14.9 Å². The van der Waals surface area contributed by atoms with Gasteiger partial charge in [-0.25, -0.2) is 13.6 Å². The van der Waals surface area contributed by atoms with Gasteiger partial charge in [-0.05, 0) is 50.3 Å². The molecule has 2 aromatic carbocycles. The highest BCUT2D eigenvalue weighted by atomic mass is 32.2. The summed E-state index contributed by atoms with van der Waals surface area (Å²) < 4.78 is 30.5.